The van der Waals surface area contributed by atoms with E-state index in [0.717, 1.165) is 5.56 Å². The molecule has 3 rings (SSSR count). The highest BCUT2D eigenvalue weighted by Gasteiger charge is 2.24. The molecule has 0 fully saturated rings. The highest BCUT2D eigenvalue weighted by molar-refractivity contribution is 5.99. The number of amides is 1. The van der Waals surface area contributed by atoms with Crippen molar-refractivity contribution in [2.75, 3.05) is 0 Å². The number of aromatic nitrogens is 1. The predicted molar refractivity (Wildman–Crippen MR) is 106 cm³/mol. The summed E-state index contributed by atoms with van der Waals surface area (Å²) in [6.07, 6.45) is 0.646. The molecule has 1 N–H and O–H groups in total. The van der Waals surface area contributed by atoms with E-state index >= 15 is 0 Å². The molecule has 1 atom stereocenters. The van der Waals surface area contributed by atoms with Crippen LogP contribution in [-0.4, -0.2) is 16.4 Å². The van der Waals surface area contributed by atoms with E-state index in [9.17, 15) is 9.18 Å². The summed E-state index contributed by atoms with van der Waals surface area (Å²) in [5.41, 5.74) is 1.39. The number of pyridine rings is 1. The Morgan fingerprint density at radius 3 is 2.63 bits per heavy atom. The van der Waals surface area contributed by atoms with E-state index in [2.05, 4.69) is 22.1 Å². The molecular formula is C23H21FN2O. The van der Waals surface area contributed by atoms with Crippen molar-refractivity contribution in [1.29, 1.82) is 0 Å². The predicted octanol–water partition coefficient (Wildman–Crippen LogP) is 4.63. The van der Waals surface area contributed by atoms with Crippen LogP contribution in [0.5, 0.6) is 0 Å². The van der Waals surface area contributed by atoms with Crippen LogP contribution in [-0.2, 0) is 0 Å². The number of hydrogen-bond donors (Lipinski definition) is 1. The molecule has 3 nitrogen and oxygen atoms in total. The number of nitrogens with zero attached hydrogens (tertiary/aromatic N) is 1. The molecule has 0 radical (unpaired) electrons. The minimum absolute atomic E-state index is 0.266. The van der Waals surface area contributed by atoms with Gasteiger partial charge in [0, 0.05) is 10.9 Å². The monoisotopic (exact) mass is 360 g/mol. The molecule has 0 aliphatic heterocycles. The third-order valence-corrected chi connectivity index (χ3v) is 4.58. The van der Waals surface area contributed by atoms with Crippen molar-refractivity contribution < 1.29 is 9.18 Å². The first kappa shape index (κ1) is 18.6. The van der Waals surface area contributed by atoms with Crippen LogP contribution >= 0.6 is 0 Å². The summed E-state index contributed by atoms with van der Waals surface area (Å²) in [5.74, 6) is 5.62. The third-order valence-electron chi connectivity index (χ3n) is 4.58. The Kier molecular flexibility index (Phi) is 5.23. The molecule has 0 aliphatic carbocycles. The van der Waals surface area contributed by atoms with Crippen LogP contribution in [0, 0.1) is 24.6 Å². The van der Waals surface area contributed by atoms with Gasteiger partial charge in [-0.25, -0.2) is 9.37 Å². The molecule has 0 saturated heterocycles. The van der Waals surface area contributed by atoms with Gasteiger partial charge in [-0.15, -0.1) is 0 Å². The zero-order valence-electron chi connectivity index (χ0n) is 15.6. The second-order valence-corrected chi connectivity index (χ2v) is 6.69. The van der Waals surface area contributed by atoms with Crippen LogP contribution in [0.25, 0.3) is 10.9 Å². The highest BCUT2D eigenvalue weighted by atomic mass is 19.1. The van der Waals surface area contributed by atoms with Crippen LogP contribution in [0.3, 0.4) is 0 Å². The second-order valence-electron chi connectivity index (χ2n) is 6.69. The Morgan fingerprint density at radius 1 is 1.19 bits per heavy atom. The van der Waals surface area contributed by atoms with Crippen LogP contribution in [0.2, 0.25) is 0 Å². The Labute approximate surface area is 158 Å². The van der Waals surface area contributed by atoms with E-state index in [1.165, 1.54) is 6.07 Å². The largest absolute Gasteiger partial charge is 0.336 e. The van der Waals surface area contributed by atoms with E-state index in [4.69, 9.17) is 0 Å². The number of rotatable bonds is 3. The first-order valence-electron chi connectivity index (χ1n) is 8.88. The van der Waals surface area contributed by atoms with Crippen molar-refractivity contribution in [1.82, 2.24) is 10.3 Å². The van der Waals surface area contributed by atoms with Gasteiger partial charge >= 0.3 is 0 Å². The van der Waals surface area contributed by atoms with Gasteiger partial charge in [0.1, 0.15) is 11.3 Å². The lowest BCUT2D eigenvalue weighted by molar-refractivity contribution is 0.0923. The van der Waals surface area contributed by atoms with Gasteiger partial charge in [-0.3, -0.25) is 4.79 Å². The molecule has 4 heteroatoms. The lowest BCUT2D eigenvalue weighted by atomic mass is 9.97. The molecule has 0 aliphatic rings. The van der Waals surface area contributed by atoms with Crippen molar-refractivity contribution in [2.24, 2.45) is 0 Å². The lowest BCUT2D eigenvalue weighted by Gasteiger charge is -2.24. The Hall–Kier alpha value is -3.19. The van der Waals surface area contributed by atoms with Gasteiger partial charge in [-0.2, -0.15) is 0 Å². The van der Waals surface area contributed by atoms with Crippen molar-refractivity contribution in [2.45, 2.75) is 32.7 Å². The van der Waals surface area contributed by atoms with Gasteiger partial charge < -0.3 is 5.32 Å². The number of fused-ring (bicyclic) bond motifs is 1. The normalized spacial score (nSPS) is 12.7. The molecule has 2 aromatic carbocycles. The highest BCUT2D eigenvalue weighted by Crippen LogP contribution is 2.20. The molecule has 1 amide bonds. The number of hydrogen-bond acceptors (Lipinski definition) is 2. The van der Waals surface area contributed by atoms with E-state index in [-0.39, 0.29) is 11.4 Å². The van der Waals surface area contributed by atoms with Crippen molar-refractivity contribution in [3.05, 3.63) is 77.2 Å². The summed E-state index contributed by atoms with van der Waals surface area (Å²) in [6, 6.07) is 16.0. The van der Waals surface area contributed by atoms with E-state index in [1.54, 1.807) is 25.1 Å². The average Bonchev–Trinajstić information content (AvgIpc) is 2.67. The Morgan fingerprint density at radius 2 is 1.93 bits per heavy atom. The zero-order valence-corrected chi connectivity index (χ0v) is 15.6. The summed E-state index contributed by atoms with van der Waals surface area (Å²) in [5, 5.41) is 3.60. The Bertz CT molecular complexity index is 1050. The molecule has 136 valence electrons. The molecular weight excluding hydrogens is 339 g/mol. The maximum absolute atomic E-state index is 13.9. The molecule has 3 aromatic rings. The van der Waals surface area contributed by atoms with Gasteiger partial charge in [0.15, 0.2) is 0 Å². The summed E-state index contributed by atoms with van der Waals surface area (Å²) >= 11 is 0. The Balaban J connectivity index is 1.90. The maximum atomic E-state index is 13.9. The fraction of sp³-hybridized carbons (Fsp3) is 0.217. The number of nitrogens with one attached hydrogen (secondary N) is 1. The third kappa shape index (κ3) is 4.15. The number of para-hydroxylation sites is 1. The van der Waals surface area contributed by atoms with E-state index in [0.29, 0.717) is 23.1 Å². The smallest absolute Gasteiger partial charge is 0.254 e. The maximum Gasteiger partial charge on any atom is 0.254 e. The summed E-state index contributed by atoms with van der Waals surface area (Å²) in [6.45, 7) is 5.57. The molecule has 0 saturated carbocycles. The summed E-state index contributed by atoms with van der Waals surface area (Å²) < 4.78 is 13.9. The molecule has 27 heavy (non-hydrogen) atoms. The number of aryl methyl sites for hydroxylation is 1. The van der Waals surface area contributed by atoms with Crippen LogP contribution < -0.4 is 5.32 Å². The van der Waals surface area contributed by atoms with Gasteiger partial charge in [-0.1, -0.05) is 49.1 Å². The fourth-order valence-corrected chi connectivity index (χ4v) is 2.74. The first-order chi connectivity index (χ1) is 12.9. The first-order valence-corrected chi connectivity index (χ1v) is 8.88. The number of carbonyl (C=O) groups excluding carboxylic acids is 1. The van der Waals surface area contributed by atoms with Gasteiger partial charge in [-0.05, 0) is 44.5 Å². The molecule has 1 heterocycles. The van der Waals surface area contributed by atoms with Gasteiger partial charge in [0.2, 0.25) is 0 Å². The van der Waals surface area contributed by atoms with Crippen molar-refractivity contribution >= 4 is 16.8 Å². The lowest BCUT2D eigenvalue weighted by Crippen LogP contribution is -2.44. The average molecular weight is 360 g/mol. The summed E-state index contributed by atoms with van der Waals surface area (Å²) in [4.78, 5) is 17.1. The molecule has 1 unspecified atom stereocenters. The zero-order chi connectivity index (χ0) is 19.4. The topological polar surface area (TPSA) is 42.0 Å². The summed E-state index contributed by atoms with van der Waals surface area (Å²) in [7, 11) is 0. The number of halogens is 1. The van der Waals surface area contributed by atoms with Crippen LogP contribution in [0.15, 0.2) is 54.6 Å². The quantitative estimate of drug-likeness (QED) is 0.692. The van der Waals surface area contributed by atoms with E-state index in [1.807, 2.05) is 44.2 Å². The van der Waals surface area contributed by atoms with Crippen LogP contribution in [0.4, 0.5) is 4.39 Å². The molecule has 0 bridgehead atoms. The molecule has 1 aromatic heterocycles. The standard InChI is InChI=1S/C23H21FN2O/c1-4-23(3,14-13-17-9-6-5-7-10-17)26-22(27)19-15-18-11-8-12-20(24)21(18)25-16(19)2/h5-12,15H,4H2,1-3H3,(H,26,27). The minimum atomic E-state index is -0.684. The number of benzene rings is 2. The van der Waals surface area contributed by atoms with E-state index < -0.39 is 11.4 Å². The fourth-order valence-electron chi connectivity index (χ4n) is 2.74. The van der Waals surface area contributed by atoms with Gasteiger partial charge in [0.25, 0.3) is 5.91 Å². The second kappa shape index (κ2) is 7.59. The van der Waals surface area contributed by atoms with Gasteiger partial charge in [0.05, 0.1) is 16.8 Å². The van der Waals surface area contributed by atoms with Crippen LogP contribution in [0.1, 0.15) is 41.9 Å². The number of carbonyl (C=O) groups is 1. The molecule has 0 spiro atoms. The van der Waals surface area contributed by atoms with Crippen molar-refractivity contribution in [3.8, 4) is 11.8 Å². The SMILES string of the molecule is CCC(C)(C#Cc1ccccc1)NC(=O)c1cc2cccc(F)c2nc1C. The van der Waals surface area contributed by atoms with Crippen molar-refractivity contribution in [3.63, 3.8) is 0 Å². The minimum Gasteiger partial charge on any atom is -0.336 e.